The van der Waals surface area contributed by atoms with Gasteiger partial charge in [-0.2, -0.15) is 11.3 Å². The fourth-order valence-corrected chi connectivity index (χ4v) is 3.76. The van der Waals surface area contributed by atoms with Crippen molar-refractivity contribution in [2.24, 2.45) is 11.8 Å². The molecular formula is C12H17NOS. The topological polar surface area (TPSA) is 23.5 Å². The molecule has 1 aromatic rings. The van der Waals surface area contributed by atoms with Crippen molar-refractivity contribution in [3.05, 3.63) is 22.4 Å². The molecule has 0 amide bonds. The van der Waals surface area contributed by atoms with E-state index < -0.39 is 0 Å². The number of thiophene rings is 1. The van der Waals surface area contributed by atoms with E-state index >= 15 is 0 Å². The van der Waals surface area contributed by atoms with Crippen LogP contribution in [-0.2, 0) is 6.54 Å². The van der Waals surface area contributed by atoms with Crippen LogP contribution in [-0.4, -0.2) is 29.2 Å². The third-order valence-corrected chi connectivity index (χ3v) is 4.61. The number of nitrogens with zero attached hydrogens (tertiary/aromatic N) is 1. The molecule has 0 radical (unpaired) electrons. The highest BCUT2D eigenvalue weighted by molar-refractivity contribution is 7.07. The molecule has 1 aliphatic carbocycles. The number of hydrogen-bond donors (Lipinski definition) is 1. The smallest absolute Gasteiger partial charge is 0.0583 e. The minimum Gasteiger partial charge on any atom is -0.393 e. The van der Waals surface area contributed by atoms with Gasteiger partial charge in [0.05, 0.1) is 6.10 Å². The summed E-state index contributed by atoms with van der Waals surface area (Å²) in [5, 5.41) is 14.2. The standard InChI is InChI=1S/C12H17NOS/c14-12-2-1-10-6-13(7-11(10)12)5-9-3-4-15-8-9/h3-4,8,10-12,14H,1-2,5-7H2. The van der Waals surface area contributed by atoms with Crippen LogP contribution in [0.25, 0.3) is 0 Å². The second kappa shape index (κ2) is 3.89. The zero-order valence-electron chi connectivity index (χ0n) is 8.80. The Balaban J connectivity index is 1.62. The van der Waals surface area contributed by atoms with Crippen molar-refractivity contribution in [3.63, 3.8) is 0 Å². The van der Waals surface area contributed by atoms with Gasteiger partial charge in [-0.1, -0.05) is 0 Å². The van der Waals surface area contributed by atoms with Crippen molar-refractivity contribution in [2.75, 3.05) is 13.1 Å². The largest absolute Gasteiger partial charge is 0.393 e. The molecule has 2 heterocycles. The van der Waals surface area contributed by atoms with Gasteiger partial charge in [0, 0.05) is 25.6 Å². The first-order valence-corrected chi connectivity index (χ1v) is 6.68. The molecule has 0 spiro atoms. The molecule has 82 valence electrons. The van der Waals surface area contributed by atoms with Crippen LogP contribution in [0.1, 0.15) is 18.4 Å². The number of likely N-dealkylation sites (tertiary alicyclic amines) is 1. The SMILES string of the molecule is OC1CCC2CN(Cc3ccsc3)CC12. The lowest BCUT2D eigenvalue weighted by Crippen LogP contribution is -2.24. The summed E-state index contributed by atoms with van der Waals surface area (Å²) in [6, 6.07) is 2.20. The lowest BCUT2D eigenvalue weighted by Gasteiger charge is -2.17. The Labute approximate surface area is 94.5 Å². The summed E-state index contributed by atoms with van der Waals surface area (Å²) in [6.07, 6.45) is 2.23. The Hall–Kier alpha value is -0.380. The molecule has 1 N–H and O–H groups in total. The number of aliphatic hydroxyl groups is 1. The van der Waals surface area contributed by atoms with E-state index in [0.717, 1.165) is 25.4 Å². The molecule has 3 unspecified atom stereocenters. The first-order chi connectivity index (χ1) is 7.33. The van der Waals surface area contributed by atoms with Crippen LogP contribution in [0.4, 0.5) is 0 Å². The zero-order chi connectivity index (χ0) is 10.3. The van der Waals surface area contributed by atoms with Crippen molar-refractivity contribution >= 4 is 11.3 Å². The van der Waals surface area contributed by atoms with Gasteiger partial charge >= 0.3 is 0 Å². The number of hydrogen-bond acceptors (Lipinski definition) is 3. The number of aliphatic hydroxyl groups excluding tert-OH is 1. The van der Waals surface area contributed by atoms with Crippen LogP contribution in [0, 0.1) is 11.8 Å². The molecule has 15 heavy (non-hydrogen) atoms. The monoisotopic (exact) mass is 223 g/mol. The Morgan fingerprint density at radius 3 is 3.07 bits per heavy atom. The normalized spacial score (nSPS) is 35.9. The van der Waals surface area contributed by atoms with Crippen LogP contribution in [0.3, 0.4) is 0 Å². The quantitative estimate of drug-likeness (QED) is 0.828. The number of fused-ring (bicyclic) bond motifs is 1. The molecule has 1 saturated heterocycles. The van der Waals surface area contributed by atoms with E-state index in [0.29, 0.717) is 5.92 Å². The van der Waals surface area contributed by atoms with Crippen molar-refractivity contribution in [1.29, 1.82) is 0 Å². The second-order valence-electron chi connectivity index (χ2n) is 4.89. The molecule has 0 bridgehead atoms. The van der Waals surface area contributed by atoms with Gasteiger partial charge in [0.2, 0.25) is 0 Å². The van der Waals surface area contributed by atoms with E-state index in [1.807, 2.05) is 0 Å². The predicted octanol–water partition coefficient (Wildman–Crippen LogP) is 1.95. The third-order valence-electron chi connectivity index (χ3n) is 3.88. The third kappa shape index (κ3) is 1.84. The van der Waals surface area contributed by atoms with Gasteiger partial charge < -0.3 is 5.11 Å². The molecule has 0 aromatic carbocycles. The molecule has 1 aliphatic heterocycles. The Bertz CT molecular complexity index is 324. The van der Waals surface area contributed by atoms with E-state index in [9.17, 15) is 5.11 Å². The molecular weight excluding hydrogens is 206 g/mol. The maximum Gasteiger partial charge on any atom is 0.0583 e. The van der Waals surface area contributed by atoms with E-state index in [1.54, 1.807) is 11.3 Å². The maximum absolute atomic E-state index is 9.82. The van der Waals surface area contributed by atoms with Crippen molar-refractivity contribution in [1.82, 2.24) is 4.90 Å². The summed E-state index contributed by atoms with van der Waals surface area (Å²) in [5.74, 6) is 1.32. The van der Waals surface area contributed by atoms with E-state index in [1.165, 1.54) is 18.5 Å². The highest BCUT2D eigenvalue weighted by Gasteiger charge is 2.41. The average Bonchev–Trinajstić information content (AvgIpc) is 2.88. The molecule has 2 fully saturated rings. The molecule has 2 nitrogen and oxygen atoms in total. The predicted molar refractivity (Wildman–Crippen MR) is 61.8 cm³/mol. The molecule has 1 aromatic heterocycles. The molecule has 3 atom stereocenters. The summed E-state index contributed by atoms with van der Waals surface area (Å²) >= 11 is 1.77. The van der Waals surface area contributed by atoms with E-state index in [2.05, 4.69) is 21.7 Å². The van der Waals surface area contributed by atoms with Gasteiger partial charge in [-0.15, -0.1) is 0 Å². The Morgan fingerprint density at radius 2 is 2.33 bits per heavy atom. The average molecular weight is 223 g/mol. The Kier molecular flexibility index (Phi) is 2.54. The highest BCUT2D eigenvalue weighted by atomic mass is 32.1. The number of rotatable bonds is 2. The summed E-state index contributed by atoms with van der Waals surface area (Å²) in [5.41, 5.74) is 1.43. The van der Waals surface area contributed by atoms with E-state index in [4.69, 9.17) is 0 Å². The fourth-order valence-electron chi connectivity index (χ4n) is 3.10. The summed E-state index contributed by atoms with van der Waals surface area (Å²) in [4.78, 5) is 2.50. The van der Waals surface area contributed by atoms with Gasteiger partial charge in [0.25, 0.3) is 0 Å². The molecule has 1 saturated carbocycles. The van der Waals surface area contributed by atoms with Gasteiger partial charge in [0.15, 0.2) is 0 Å². The maximum atomic E-state index is 9.82. The van der Waals surface area contributed by atoms with Gasteiger partial charge in [-0.3, -0.25) is 4.90 Å². The van der Waals surface area contributed by atoms with Gasteiger partial charge in [0.1, 0.15) is 0 Å². The Morgan fingerprint density at radius 1 is 1.40 bits per heavy atom. The van der Waals surface area contributed by atoms with Gasteiger partial charge in [-0.05, 0) is 41.1 Å². The van der Waals surface area contributed by atoms with E-state index in [-0.39, 0.29) is 6.10 Å². The summed E-state index contributed by atoms with van der Waals surface area (Å²) in [7, 11) is 0. The minimum atomic E-state index is -0.0255. The first kappa shape index (κ1) is 9.82. The minimum absolute atomic E-state index is 0.0255. The van der Waals surface area contributed by atoms with Crippen molar-refractivity contribution in [3.8, 4) is 0 Å². The zero-order valence-corrected chi connectivity index (χ0v) is 9.62. The first-order valence-electron chi connectivity index (χ1n) is 5.74. The second-order valence-corrected chi connectivity index (χ2v) is 5.67. The van der Waals surface area contributed by atoms with Crippen LogP contribution < -0.4 is 0 Å². The van der Waals surface area contributed by atoms with Crippen LogP contribution in [0.5, 0.6) is 0 Å². The highest BCUT2D eigenvalue weighted by Crippen LogP contribution is 2.38. The lowest BCUT2D eigenvalue weighted by atomic mass is 10.00. The van der Waals surface area contributed by atoms with Crippen molar-refractivity contribution < 1.29 is 5.11 Å². The summed E-state index contributed by atoms with van der Waals surface area (Å²) in [6.45, 7) is 3.36. The summed E-state index contributed by atoms with van der Waals surface area (Å²) < 4.78 is 0. The molecule has 3 rings (SSSR count). The van der Waals surface area contributed by atoms with Crippen LogP contribution in [0.2, 0.25) is 0 Å². The van der Waals surface area contributed by atoms with Crippen LogP contribution >= 0.6 is 11.3 Å². The fraction of sp³-hybridized carbons (Fsp3) is 0.667. The lowest BCUT2D eigenvalue weighted by molar-refractivity contribution is 0.123. The molecule has 2 aliphatic rings. The van der Waals surface area contributed by atoms with Gasteiger partial charge in [-0.25, -0.2) is 0 Å². The molecule has 3 heteroatoms. The van der Waals surface area contributed by atoms with Crippen LogP contribution in [0.15, 0.2) is 16.8 Å². The van der Waals surface area contributed by atoms with Crippen molar-refractivity contribution in [2.45, 2.75) is 25.5 Å².